The monoisotopic (exact) mass is 757 g/mol. The summed E-state index contributed by atoms with van der Waals surface area (Å²) in [5.74, 6) is -2.65. The third kappa shape index (κ3) is 11.1. The minimum Gasteiger partial charge on any atom is -0.461 e. The first-order valence-corrected chi connectivity index (χ1v) is 17.9. The molecule has 0 spiro atoms. The molecule has 1 aliphatic heterocycles. The number of para-hydroxylation sites is 1. The number of aliphatic hydroxyl groups is 1. The number of hydrogen-bond donors (Lipinski definition) is 2. The normalized spacial score (nSPS) is 19.3. The summed E-state index contributed by atoms with van der Waals surface area (Å²) >= 11 is 6.58. The lowest BCUT2D eigenvalue weighted by atomic mass is 9.99. The standard InChI is InChI=1S/C39H39N3O9S2/c1-41(31(43)23-42(2)39(52)40-28-19-11-5-12-20-28)24-32(44)48-25-30-33(45)34(50-36(46)26-15-7-3-8-16-26)35(51-37(47)27-17-9-4-10-18-27)38(49-30)53-29-21-13-6-14-22-29/h3-22,30,33-35,38,45H,23-25H2,1-2H3,(H,40,52)/t30-,33+,34+,35-,38+/m1/s1. The second-order valence-corrected chi connectivity index (χ2v) is 13.6. The highest BCUT2D eigenvalue weighted by atomic mass is 32.2. The van der Waals surface area contributed by atoms with Crippen molar-refractivity contribution < 1.29 is 43.2 Å². The average molecular weight is 758 g/mol. The van der Waals surface area contributed by atoms with Crippen LogP contribution in [0.2, 0.25) is 0 Å². The summed E-state index contributed by atoms with van der Waals surface area (Å²) in [6.45, 7) is -0.971. The molecule has 1 amide bonds. The van der Waals surface area contributed by atoms with Gasteiger partial charge in [0.15, 0.2) is 17.3 Å². The second kappa shape index (κ2) is 19.0. The molecule has 1 heterocycles. The molecule has 14 heteroatoms. The topological polar surface area (TPSA) is 144 Å². The molecule has 0 saturated carbocycles. The van der Waals surface area contributed by atoms with Crippen LogP contribution >= 0.6 is 24.0 Å². The minimum absolute atomic E-state index is 0.108. The summed E-state index contributed by atoms with van der Waals surface area (Å²) < 4.78 is 23.5. The highest BCUT2D eigenvalue weighted by molar-refractivity contribution is 7.99. The summed E-state index contributed by atoms with van der Waals surface area (Å²) in [4.78, 5) is 56.1. The molecule has 53 heavy (non-hydrogen) atoms. The number of thiocarbonyl (C=S) groups is 1. The molecule has 276 valence electrons. The average Bonchev–Trinajstić information content (AvgIpc) is 3.17. The maximum Gasteiger partial charge on any atom is 0.338 e. The Hall–Kier alpha value is -5.28. The van der Waals surface area contributed by atoms with E-state index in [-0.39, 0.29) is 17.7 Å². The van der Waals surface area contributed by atoms with Crippen LogP contribution in [-0.2, 0) is 28.5 Å². The number of carbonyl (C=O) groups is 4. The third-order valence-corrected chi connectivity index (χ3v) is 9.63. The van der Waals surface area contributed by atoms with Gasteiger partial charge in [0.1, 0.15) is 30.8 Å². The summed E-state index contributed by atoms with van der Waals surface area (Å²) in [6, 6.07) is 34.8. The molecular weight excluding hydrogens is 719 g/mol. The molecule has 5 rings (SSSR count). The first-order chi connectivity index (χ1) is 25.6. The van der Waals surface area contributed by atoms with E-state index in [9.17, 15) is 24.3 Å². The van der Waals surface area contributed by atoms with Gasteiger partial charge in [-0.15, -0.1) is 0 Å². The van der Waals surface area contributed by atoms with Crippen LogP contribution in [0.3, 0.4) is 0 Å². The number of thioether (sulfide) groups is 1. The van der Waals surface area contributed by atoms with E-state index in [1.165, 1.54) is 23.7 Å². The highest BCUT2D eigenvalue weighted by Crippen LogP contribution is 2.37. The van der Waals surface area contributed by atoms with Crippen LogP contribution in [0.15, 0.2) is 126 Å². The molecule has 0 aromatic heterocycles. The van der Waals surface area contributed by atoms with Crippen LogP contribution in [0.1, 0.15) is 20.7 Å². The summed E-state index contributed by atoms with van der Waals surface area (Å²) in [7, 11) is 3.10. The lowest BCUT2D eigenvalue weighted by Gasteiger charge is -2.43. The Labute approximate surface area is 317 Å². The van der Waals surface area contributed by atoms with Crippen molar-refractivity contribution in [3.8, 4) is 0 Å². The Morgan fingerprint density at radius 3 is 1.81 bits per heavy atom. The van der Waals surface area contributed by atoms with Crippen LogP contribution in [0.25, 0.3) is 0 Å². The summed E-state index contributed by atoms with van der Waals surface area (Å²) in [6.07, 6.45) is -5.52. The first-order valence-electron chi connectivity index (χ1n) is 16.6. The third-order valence-electron chi connectivity index (χ3n) is 8.06. The van der Waals surface area contributed by atoms with Crippen LogP contribution < -0.4 is 5.32 Å². The summed E-state index contributed by atoms with van der Waals surface area (Å²) in [5.41, 5.74) is 0.208. The largest absolute Gasteiger partial charge is 0.461 e. The molecule has 0 radical (unpaired) electrons. The van der Waals surface area contributed by atoms with Crippen molar-refractivity contribution >= 4 is 58.6 Å². The lowest BCUT2D eigenvalue weighted by Crippen LogP contribution is -2.60. The van der Waals surface area contributed by atoms with E-state index in [2.05, 4.69) is 5.32 Å². The van der Waals surface area contributed by atoms with Crippen LogP contribution in [0.5, 0.6) is 0 Å². The van der Waals surface area contributed by atoms with E-state index in [1.54, 1.807) is 72.6 Å². The molecule has 0 bridgehead atoms. The van der Waals surface area contributed by atoms with Gasteiger partial charge in [-0.2, -0.15) is 0 Å². The second-order valence-electron chi connectivity index (χ2n) is 12.0. The van der Waals surface area contributed by atoms with Gasteiger partial charge < -0.3 is 39.2 Å². The Bertz CT molecular complexity index is 1840. The number of carbonyl (C=O) groups excluding carboxylic acids is 4. The van der Waals surface area contributed by atoms with Gasteiger partial charge >= 0.3 is 17.9 Å². The molecule has 0 unspecified atom stereocenters. The Morgan fingerprint density at radius 1 is 0.736 bits per heavy atom. The fourth-order valence-corrected chi connectivity index (χ4v) is 6.49. The number of rotatable bonds is 13. The van der Waals surface area contributed by atoms with Gasteiger partial charge in [0.2, 0.25) is 5.91 Å². The fourth-order valence-electron chi connectivity index (χ4n) is 5.19. The van der Waals surface area contributed by atoms with Crippen LogP contribution in [-0.4, -0.2) is 107 Å². The van der Waals surface area contributed by atoms with Crippen molar-refractivity contribution in [2.75, 3.05) is 39.1 Å². The van der Waals surface area contributed by atoms with Gasteiger partial charge in [0.05, 0.1) is 17.7 Å². The van der Waals surface area contributed by atoms with E-state index in [4.69, 9.17) is 31.2 Å². The zero-order chi connectivity index (χ0) is 37.7. The van der Waals surface area contributed by atoms with Gasteiger partial charge in [0.25, 0.3) is 0 Å². The Morgan fingerprint density at radius 2 is 1.25 bits per heavy atom. The maximum absolute atomic E-state index is 13.3. The van der Waals surface area contributed by atoms with Gasteiger partial charge in [-0.3, -0.25) is 9.59 Å². The van der Waals surface area contributed by atoms with E-state index in [1.807, 2.05) is 60.7 Å². The van der Waals surface area contributed by atoms with Crippen molar-refractivity contribution in [1.29, 1.82) is 0 Å². The summed E-state index contributed by atoms with van der Waals surface area (Å²) in [5, 5.41) is 15.0. The zero-order valence-electron chi connectivity index (χ0n) is 29.0. The first kappa shape index (κ1) is 38.9. The van der Waals surface area contributed by atoms with Crippen molar-refractivity contribution in [1.82, 2.24) is 9.80 Å². The SMILES string of the molecule is CN(CC(=O)OC[C@H]1O[C@@H](Sc2ccccc2)[C@H](OC(=O)c2ccccc2)[C@@H](OC(=O)c2ccccc2)[C@H]1O)C(=O)CN(C)C(=S)Nc1ccccc1. The fraction of sp³-hybridized carbons (Fsp3) is 0.256. The van der Waals surface area contributed by atoms with Crippen molar-refractivity contribution in [3.63, 3.8) is 0 Å². The van der Waals surface area contributed by atoms with Gasteiger partial charge in [-0.1, -0.05) is 84.6 Å². The molecule has 0 aliphatic carbocycles. The van der Waals surface area contributed by atoms with Gasteiger partial charge in [-0.25, -0.2) is 9.59 Å². The number of hydrogen-bond acceptors (Lipinski definition) is 11. The highest BCUT2D eigenvalue weighted by Gasteiger charge is 2.50. The Balaban J connectivity index is 1.28. The molecule has 1 aliphatic rings. The predicted molar refractivity (Wildman–Crippen MR) is 202 cm³/mol. The maximum atomic E-state index is 13.3. The van der Waals surface area contributed by atoms with E-state index in [0.717, 1.165) is 10.6 Å². The molecule has 12 nitrogen and oxygen atoms in total. The Kier molecular flexibility index (Phi) is 13.9. The van der Waals surface area contributed by atoms with E-state index < -0.39 is 66.8 Å². The lowest BCUT2D eigenvalue weighted by molar-refractivity contribution is -0.211. The number of aliphatic hydroxyl groups excluding tert-OH is 1. The zero-order valence-corrected chi connectivity index (χ0v) is 30.6. The number of anilines is 1. The van der Waals surface area contributed by atoms with Gasteiger partial charge in [0, 0.05) is 24.7 Å². The number of benzene rings is 4. The molecule has 1 saturated heterocycles. The number of nitrogens with one attached hydrogen (secondary N) is 1. The number of esters is 3. The molecular formula is C39H39N3O9S2. The van der Waals surface area contributed by atoms with E-state index in [0.29, 0.717) is 5.11 Å². The number of nitrogens with zero attached hydrogens (tertiary/aromatic N) is 2. The quantitative estimate of drug-likeness (QED) is 0.111. The van der Waals surface area contributed by atoms with Crippen LogP contribution in [0, 0.1) is 0 Å². The number of ether oxygens (including phenoxy) is 4. The van der Waals surface area contributed by atoms with Gasteiger partial charge in [-0.05, 0) is 60.7 Å². The number of likely N-dealkylation sites (N-methyl/N-ethyl adjacent to an activating group) is 2. The van der Waals surface area contributed by atoms with Crippen molar-refractivity contribution in [2.24, 2.45) is 0 Å². The van der Waals surface area contributed by atoms with Crippen LogP contribution in [0.4, 0.5) is 5.69 Å². The minimum atomic E-state index is -1.59. The van der Waals surface area contributed by atoms with Crippen molar-refractivity contribution in [2.45, 2.75) is 34.7 Å². The molecule has 5 atom stereocenters. The molecule has 4 aromatic rings. The molecule has 2 N–H and O–H groups in total. The predicted octanol–water partition coefficient (Wildman–Crippen LogP) is 4.65. The molecule has 4 aromatic carbocycles. The molecule has 1 fully saturated rings. The van der Waals surface area contributed by atoms with Crippen molar-refractivity contribution in [3.05, 3.63) is 132 Å². The van der Waals surface area contributed by atoms with E-state index >= 15 is 0 Å². The smallest absolute Gasteiger partial charge is 0.338 e. The number of amides is 1.